The molecule has 14 heavy (non-hydrogen) atoms. The predicted octanol–water partition coefficient (Wildman–Crippen LogP) is 2.90. The first-order chi connectivity index (χ1) is 6.73. The van der Waals surface area contributed by atoms with Gasteiger partial charge in [0.15, 0.2) is 0 Å². The molecule has 1 saturated carbocycles. The number of nitrogens with one attached hydrogen (secondary N) is 1. The van der Waals surface area contributed by atoms with Crippen molar-refractivity contribution in [3.05, 3.63) is 0 Å². The van der Waals surface area contributed by atoms with Gasteiger partial charge in [-0.25, -0.2) is 4.39 Å². The van der Waals surface area contributed by atoms with Crippen molar-refractivity contribution in [1.82, 2.24) is 5.32 Å². The van der Waals surface area contributed by atoms with Crippen LogP contribution < -0.4 is 5.32 Å². The van der Waals surface area contributed by atoms with Crippen molar-refractivity contribution >= 4 is 0 Å². The van der Waals surface area contributed by atoms with Crippen LogP contribution in [-0.2, 0) is 0 Å². The maximum Gasteiger partial charge on any atom is 0.111 e. The van der Waals surface area contributed by atoms with Gasteiger partial charge in [-0.1, -0.05) is 19.8 Å². The van der Waals surface area contributed by atoms with Crippen LogP contribution in [0.2, 0.25) is 0 Å². The molecule has 2 aliphatic rings. The summed E-state index contributed by atoms with van der Waals surface area (Å²) in [6.07, 6.45) is 5.73. The average Bonchev–Trinajstić information content (AvgIpc) is 2.61. The van der Waals surface area contributed by atoms with E-state index in [4.69, 9.17) is 0 Å². The summed E-state index contributed by atoms with van der Waals surface area (Å²) < 4.78 is 14.4. The lowest BCUT2D eigenvalue weighted by Crippen LogP contribution is -2.35. The molecule has 1 heterocycles. The van der Waals surface area contributed by atoms with E-state index in [1.165, 1.54) is 0 Å². The standard InChI is InChI=1S/C12H22FN/c1-2-3-5-12(13)6-4-10-8-14-9-11(10)7-12/h10-11,14H,2-9H2,1H3. The van der Waals surface area contributed by atoms with Gasteiger partial charge in [-0.3, -0.25) is 0 Å². The molecule has 1 aliphatic heterocycles. The third-order valence-corrected chi connectivity index (χ3v) is 4.05. The van der Waals surface area contributed by atoms with E-state index in [9.17, 15) is 4.39 Å². The van der Waals surface area contributed by atoms with Gasteiger partial charge in [-0.2, -0.15) is 0 Å². The molecule has 0 aromatic carbocycles. The van der Waals surface area contributed by atoms with E-state index in [-0.39, 0.29) is 0 Å². The van der Waals surface area contributed by atoms with Crippen molar-refractivity contribution in [3.8, 4) is 0 Å². The largest absolute Gasteiger partial charge is 0.316 e. The third kappa shape index (κ3) is 2.10. The van der Waals surface area contributed by atoms with Crippen LogP contribution in [0.4, 0.5) is 4.39 Å². The summed E-state index contributed by atoms with van der Waals surface area (Å²) in [5.74, 6) is 1.41. The topological polar surface area (TPSA) is 12.0 Å². The second-order valence-corrected chi connectivity index (χ2v) is 5.18. The molecule has 0 radical (unpaired) electrons. The molecule has 2 heteroatoms. The maximum atomic E-state index is 14.4. The summed E-state index contributed by atoms with van der Waals surface area (Å²) in [6.45, 7) is 4.34. The Morgan fingerprint density at radius 2 is 2.14 bits per heavy atom. The fraction of sp³-hybridized carbons (Fsp3) is 1.00. The molecule has 0 spiro atoms. The first-order valence-corrected chi connectivity index (χ1v) is 6.13. The third-order valence-electron chi connectivity index (χ3n) is 4.05. The number of hydrogen-bond acceptors (Lipinski definition) is 1. The molecule has 1 saturated heterocycles. The summed E-state index contributed by atoms with van der Waals surface area (Å²) in [5, 5.41) is 3.39. The van der Waals surface area contributed by atoms with E-state index in [0.717, 1.165) is 57.5 Å². The molecular weight excluding hydrogens is 177 g/mol. The van der Waals surface area contributed by atoms with Crippen molar-refractivity contribution in [2.75, 3.05) is 13.1 Å². The Balaban J connectivity index is 1.89. The Labute approximate surface area is 86.5 Å². The zero-order chi connectivity index (χ0) is 10.0. The maximum absolute atomic E-state index is 14.4. The molecule has 1 N–H and O–H groups in total. The van der Waals surface area contributed by atoms with E-state index in [1.54, 1.807) is 0 Å². The number of unbranched alkanes of at least 4 members (excludes halogenated alkanes) is 1. The van der Waals surface area contributed by atoms with Crippen LogP contribution in [0.1, 0.15) is 45.4 Å². The van der Waals surface area contributed by atoms with Crippen molar-refractivity contribution < 1.29 is 4.39 Å². The lowest BCUT2D eigenvalue weighted by molar-refractivity contribution is 0.0496. The van der Waals surface area contributed by atoms with E-state index in [2.05, 4.69) is 12.2 Å². The highest BCUT2D eigenvalue weighted by Gasteiger charge is 2.42. The molecule has 2 rings (SSSR count). The van der Waals surface area contributed by atoms with Crippen LogP contribution in [0.25, 0.3) is 0 Å². The van der Waals surface area contributed by atoms with Crippen LogP contribution in [0.3, 0.4) is 0 Å². The van der Waals surface area contributed by atoms with Gasteiger partial charge in [0.2, 0.25) is 0 Å². The predicted molar refractivity (Wildman–Crippen MR) is 57.1 cm³/mol. The second kappa shape index (κ2) is 4.18. The van der Waals surface area contributed by atoms with Gasteiger partial charge in [-0.05, 0) is 50.6 Å². The lowest BCUT2D eigenvalue weighted by atomic mass is 9.72. The zero-order valence-electron chi connectivity index (χ0n) is 9.19. The van der Waals surface area contributed by atoms with Gasteiger partial charge in [0.05, 0.1) is 0 Å². The zero-order valence-corrected chi connectivity index (χ0v) is 9.19. The van der Waals surface area contributed by atoms with Crippen molar-refractivity contribution in [2.45, 2.75) is 51.1 Å². The summed E-state index contributed by atoms with van der Waals surface area (Å²) in [5.41, 5.74) is -0.816. The van der Waals surface area contributed by atoms with E-state index >= 15 is 0 Å². The fourth-order valence-corrected chi connectivity index (χ4v) is 3.10. The molecule has 0 bridgehead atoms. The molecule has 1 aliphatic carbocycles. The minimum Gasteiger partial charge on any atom is -0.316 e. The Kier molecular flexibility index (Phi) is 3.10. The molecule has 0 aromatic rings. The smallest absolute Gasteiger partial charge is 0.111 e. The molecule has 2 fully saturated rings. The monoisotopic (exact) mass is 199 g/mol. The first kappa shape index (κ1) is 10.4. The Morgan fingerprint density at radius 1 is 1.36 bits per heavy atom. The highest BCUT2D eigenvalue weighted by molar-refractivity contribution is 4.94. The number of hydrogen-bond donors (Lipinski definition) is 1. The molecule has 3 unspecified atom stereocenters. The summed E-state index contributed by atoms with van der Waals surface area (Å²) in [6, 6.07) is 0. The van der Waals surface area contributed by atoms with E-state index < -0.39 is 5.67 Å². The second-order valence-electron chi connectivity index (χ2n) is 5.18. The van der Waals surface area contributed by atoms with Crippen molar-refractivity contribution in [2.24, 2.45) is 11.8 Å². The summed E-state index contributed by atoms with van der Waals surface area (Å²) in [7, 11) is 0. The normalized spacial score (nSPS) is 42.4. The van der Waals surface area contributed by atoms with Crippen LogP contribution in [-0.4, -0.2) is 18.8 Å². The van der Waals surface area contributed by atoms with E-state index in [0.29, 0.717) is 5.92 Å². The van der Waals surface area contributed by atoms with Crippen molar-refractivity contribution in [1.29, 1.82) is 0 Å². The van der Waals surface area contributed by atoms with Gasteiger partial charge in [0.1, 0.15) is 5.67 Å². The van der Waals surface area contributed by atoms with Crippen LogP contribution in [0, 0.1) is 11.8 Å². The average molecular weight is 199 g/mol. The SMILES string of the molecule is CCCCC1(F)CCC2CNCC2C1. The van der Waals surface area contributed by atoms with Crippen molar-refractivity contribution in [3.63, 3.8) is 0 Å². The van der Waals surface area contributed by atoms with Crippen LogP contribution in [0.5, 0.6) is 0 Å². The van der Waals surface area contributed by atoms with Crippen LogP contribution in [0.15, 0.2) is 0 Å². The minimum atomic E-state index is -0.816. The van der Waals surface area contributed by atoms with Gasteiger partial charge in [0.25, 0.3) is 0 Å². The fourth-order valence-electron chi connectivity index (χ4n) is 3.10. The van der Waals surface area contributed by atoms with Gasteiger partial charge in [-0.15, -0.1) is 0 Å². The molecule has 3 atom stereocenters. The number of rotatable bonds is 3. The molecule has 1 nitrogen and oxygen atoms in total. The Hall–Kier alpha value is -0.110. The quantitative estimate of drug-likeness (QED) is 0.737. The van der Waals surface area contributed by atoms with E-state index in [1.807, 2.05) is 0 Å². The Morgan fingerprint density at radius 3 is 2.93 bits per heavy atom. The molecule has 0 amide bonds. The highest BCUT2D eigenvalue weighted by Crippen LogP contribution is 2.43. The highest BCUT2D eigenvalue weighted by atomic mass is 19.1. The number of halogens is 1. The number of alkyl halides is 1. The summed E-state index contributed by atoms with van der Waals surface area (Å²) >= 11 is 0. The van der Waals surface area contributed by atoms with Gasteiger partial charge >= 0.3 is 0 Å². The van der Waals surface area contributed by atoms with Crippen LogP contribution >= 0.6 is 0 Å². The molecule has 82 valence electrons. The van der Waals surface area contributed by atoms with Gasteiger partial charge < -0.3 is 5.32 Å². The molecular formula is C12H22FN. The number of fused-ring (bicyclic) bond motifs is 1. The van der Waals surface area contributed by atoms with Gasteiger partial charge in [0, 0.05) is 0 Å². The Bertz CT molecular complexity index is 195. The lowest BCUT2D eigenvalue weighted by Gasteiger charge is -2.36. The molecule has 0 aromatic heterocycles. The summed E-state index contributed by atoms with van der Waals surface area (Å²) in [4.78, 5) is 0. The minimum absolute atomic E-state index is 0.630. The first-order valence-electron chi connectivity index (χ1n) is 6.13.